The highest BCUT2D eigenvalue weighted by Crippen LogP contribution is 2.07. The van der Waals surface area contributed by atoms with Crippen molar-refractivity contribution in [1.82, 2.24) is 10.3 Å². The number of rotatable bonds is 6. The maximum absolute atomic E-state index is 11.6. The molecule has 2 rings (SSSR count). The number of nitrogens with zero attached hydrogens (tertiary/aromatic N) is 1. The number of aryl methyl sites for hydroxylation is 1. The third kappa shape index (κ3) is 3.94. The number of carbonyl (C=O) groups excluding carboxylic acids is 1. The molecule has 0 spiro atoms. The van der Waals surface area contributed by atoms with E-state index in [2.05, 4.69) is 10.3 Å². The van der Waals surface area contributed by atoms with Crippen LogP contribution in [0.2, 0.25) is 0 Å². The molecule has 2 heterocycles. The molecule has 6 heteroatoms. The zero-order valence-corrected chi connectivity index (χ0v) is 10.7. The van der Waals surface area contributed by atoms with Crippen LogP contribution in [0.3, 0.4) is 0 Å². The van der Waals surface area contributed by atoms with Gasteiger partial charge in [-0.15, -0.1) is 0 Å². The quantitative estimate of drug-likeness (QED) is 0.835. The van der Waals surface area contributed by atoms with E-state index in [1.54, 1.807) is 6.20 Å². The SMILES string of the molecule is O=C(CCc1ccccn1)NCc1ccc(C(=O)O)o1. The van der Waals surface area contributed by atoms with Gasteiger partial charge in [-0.3, -0.25) is 9.78 Å². The van der Waals surface area contributed by atoms with Gasteiger partial charge in [0.2, 0.25) is 11.7 Å². The van der Waals surface area contributed by atoms with Crippen molar-refractivity contribution in [2.24, 2.45) is 0 Å². The van der Waals surface area contributed by atoms with Crippen molar-refractivity contribution in [3.8, 4) is 0 Å². The van der Waals surface area contributed by atoms with E-state index in [0.29, 0.717) is 18.6 Å². The molecular weight excluding hydrogens is 260 g/mol. The van der Waals surface area contributed by atoms with E-state index < -0.39 is 5.97 Å². The second-order valence-corrected chi connectivity index (χ2v) is 4.17. The molecule has 6 nitrogen and oxygen atoms in total. The van der Waals surface area contributed by atoms with Crippen molar-refractivity contribution >= 4 is 11.9 Å². The number of carboxylic acids is 1. The van der Waals surface area contributed by atoms with Crippen LogP contribution in [0.4, 0.5) is 0 Å². The van der Waals surface area contributed by atoms with E-state index in [-0.39, 0.29) is 18.2 Å². The lowest BCUT2D eigenvalue weighted by atomic mass is 10.2. The van der Waals surface area contributed by atoms with Crippen LogP contribution in [0.1, 0.15) is 28.4 Å². The smallest absolute Gasteiger partial charge is 0.371 e. The fourth-order valence-corrected chi connectivity index (χ4v) is 1.65. The van der Waals surface area contributed by atoms with Gasteiger partial charge in [-0.25, -0.2) is 4.79 Å². The molecule has 0 radical (unpaired) electrons. The Kier molecular flexibility index (Phi) is 4.49. The van der Waals surface area contributed by atoms with Crippen LogP contribution in [0.15, 0.2) is 40.9 Å². The molecular formula is C14H14N2O4. The van der Waals surface area contributed by atoms with E-state index in [0.717, 1.165) is 5.69 Å². The number of furan rings is 1. The first kappa shape index (κ1) is 13.8. The number of aromatic nitrogens is 1. The van der Waals surface area contributed by atoms with Crippen molar-refractivity contribution in [3.63, 3.8) is 0 Å². The Labute approximate surface area is 115 Å². The van der Waals surface area contributed by atoms with Crippen LogP contribution in [-0.2, 0) is 17.8 Å². The van der Waals surface area contributed by atoms with Crippen LogP contribution in [0, 0.1) is 0 Å². The van der Waals surface area contributed by atoms with Crippen molar-refractivity contribution < 1.29 is 19.1 Å². The van der Waals surface area contributed by atoms with Gasteiger partial charge in [0.15, 0.2) is 0 Å². The molecule has 0 atom stereocenters. The van der Waals surface area contributed by atoms with Gasteiger partial charge in [-0.2, -0.15) is 0 Å². The van der Waals surface area contributed by atoms with Gasteiger partial charge in [0, 0.05) is 18.3 Å². The summed E-state index contributed by atoms with van der Waals surface area (Å²) in [4.78, 5) is 26.4. The Morgan fingerprint density at radius 2 is 2.10 bits per heavy atom. The summed E-state index contributed by atoms with van der Waals surface area (Å²) in [6.45, 7) is 0.175. The highest BCUT2D eigenvalue weighted by molar-refractivity contribution is 5.84. The largest absolute Gasteiger partial charge is 0.475 e. The first-order valence-corrected chi connectivity index (χ1v) is 6.14. The van der Waals surface area contributed by atoms with Gasteiger partial charge in [0.05, 0.1) is 6.54 Å². The fourth-order valence-electron chi connectivity index (χ4n) is 1.65. The predicted octanol–water partition coefficient (Wildman–Crippen LogP) is 1.62. The van der Waals surface area contributed by atoms with E-state index in [1.165, 1.54) is 12.1 Å². The number of pyridine rings is 1. The van der Waals surface area contributed by atoms with Crippen LogP contribution in [-0.4, -0.2) is 22.0 Å². The molecule has 0 bridgehead atoms. The van der Waals surface area contributed by atoms with Crippen LogP contribution < -0.4 is 5.32 Å². The van der Waals surface area contributed by atoms with Gasteiger partial charge in [0.1, 0.15) is 5.76 Å². The zero-order valence-electron chi connectivity index (χ0n) is 10.7. The van der Waals surface area contributed by atoms with Crippen LogP contribution in [0.5, 0.6) is 0 Å². The minimum atomic E-state index is -1.13. The molecule has 0 fully saturated rings. The lowest BCUT2D eigenvalue weighted by Crippen LogP contribution is -2.22. The molecule has 20 heavy (non-hydrogen) atoms. The van der Waals surface area contributed by atoms with E-state index in [1.807, 2.05) is 18.2 Å². The summed E-state index contributed by atoms with van der Waals surface area (Å²) in [5.74, 6) is -0.988. The molecule has 1 amide bonds. The topological polar surface area (TPSA) is 92.4 Å². The molecule has 2 N–H and O–H groups in total. The zero-order chi connectivity index (χ0) is 14.4. The van der Waals surface area contributed by atoms with Gasteiger partial charge in [0.25, 0.3) is 0 Å². The first-order valence-electron chi connectivity index (χ1n) is 6.14. The molecule has 0 unspecified atom stereocenters. The van der Waals surface area contributed by atoms with Gasteiger partial charge in [-0.1, -0.05) is 6.07 Å². The first-order chi connectivity index (χ1) is 9.65. The van der Waals surface area contributed by atoms with Crippen molar-refractivity contribution in [2.75, 3.05) is 0 Å². The third-order valence-electron chi connectivity index (χ3n) is 2.67. The lowest BCUT2D eigenvalue weighted by molar-refractivity contribution is -0.121. The monoisotopic (exact) mass is 274 g/mol. The Morgan fingerprint density at radius 1 is 1.25 bits per heavy atom. The Bertz CT molecular complexity index is 592. The van der Waals surface area contributed by atoms with E-state index in [9.17, 15) is 9.59 Å². The van der Waals surface area contributed by atoms with Crippen molar-refractivity contribution in [1.29, 1.82) is 0 Å². The summed E-state index contributed by atoms with van der Waals surface area (Å²) in [6.07, 6.45) is 2.57. The minimum Gasteiger partial charge on any atom is -0.475 e. The number of hydrogen-bond acceptors (Lipinski definition) is 4. The Morgan fingerprint density at radius 3 is 2.75 bits per heavy atom. The molecule has 2 aromatic rings. The van der Waals surface area contributed by atoms with Crippen LogP contribution in [0.25, 0.3) is 0 Å². The number of carbonyl (C=O) groups is 2. The normalized spacial score (nSPS) is 10.2. The summed E-state index contributed by atoms with van der Waals surface area (Å²) in [5.41, 5.74) is 0.855. The Hall–Kier alpha value is -2.63. The highest BCUT2D eigenvalue weighted by atomic mass is 16.4. The molecule has 0 aromatic carbocycles. The van der Waals surface area contributed by atoms with E-state index >= 15 is 0 Å². The molecule has 104 valence electrons. The number of carboxylic acid groups (broad SMARTS) is 1. The van der Waals surface area contributed by atoms with E-state index in [4.69, 9.17) is 9.52 Å². The number of nitrogens with one attached hydrogen (secondary N) is 1. The summed E-state index contributed by atoms with van der Waals surface area (Å²) in [6, 6.07) is 8.44. The molecule has 0 aliphatic rings. The van der Waals surface area contributed by atoms with Gasteiger partial charge < -0.3 is 14.8 Å². The summed E-state index contributed by atoms with van der Waals surface area (Å²) >= 11 is 0. The molecule has 2 aromatic heterocycles. The fraction of sp³-hybridized carbons (Fsp3) is 0.214. The standard InChI is InChI=1S/C14H14N2O4/c17-13(7-4-10-3-1-2-8-15-10)16-9-11-5-6-12(20-11)14(18)19/h1-3,5-6,8H,4,7,9H2,(H,16,17)(H,18,19). The average Bonchev–Trinajstić information content (AvgIpc) is 2.93. The average molecular weight is 274 g/mol. The van der Waals surface area contributed by atoms with Crippen molar-refractivity contribution in [3.05, 3.63) is 53.7 Å². The number of hydrogen-bond donors (Lipinski definition) is 2. The maximum Gasteiger partial charge on any atom is 0.371 e. The number of amides is 1. The summed E-state index contributed by atoms with van der Waals surface area (Å²) in [7, 11) is 0. The maximum atomic E-state index is 11.6. The molecule has 0 aliphatic carbocycles. The van der Waals surface area contributed by atoms with Crippen molar-refractivity contribution in [2.45, 2.75) is 19.4 Å². The predicted molar refractivity (Wildman–Crippen MR) is 70.1 cm³/mol. The second-order valence-electron chi connectivity index (χ2n) is 4.17. The summed E-state index contributed by atoms with van der Waals surface area (Å²) < 4.78 is 5.03. The van der Waals surface area contributed by atoms with Gasteiger partial charge in [-0.05, 0) is 30.7 Å². The second kappa shape index (κ2) is 6.51. The Balaban J connectivity index is 1.76. The number of aromatic carboxylic acids is 1. The molecule has 0 saturated heterocycles. The molecule has 0 aliphatic heterocycles. The van der Waals surface area contributed by atoms with Crippen LogP contribution >= 0.6 is 0 Å². The molecule has 0 saturated carbocycles. The lowest BCUT2D eigenvalue weighted by Gasteiger charge is -2.03. The highest BCUT2D eigenvalue weighted by Gasteiger charge is 2.09. The van der Waals surface area contributed by atoms with Gasteiger partial charge >= 0.3 is 5.97 Å². The minimum absolute atomic E-state index is 0.135. The third-order valence-corrected chi connectivity index (χ3v) is 2.67. The summed E-state index contributed by atoms with van der Waals surface area (Å²) in [5, 5.41) is 11.4.